The lowest BCUT2D eigenvalue weighted by atomic mass is 9.96. The Kier molecular flexibility index (Phi) is 5.53. The van der Waals surface area contributed by atoms with Crippen LogP contribution >= 0.6 is 0 Å². The van der Waals surface area contributed by atoms with E-state index in [0.29, 0.717) is 5.56 Å². The van der Waals surface area contributed by atoms with Gasteiger partial charge in [-0.15, -0.1) is 4.72 Å². The predicted octanol–water partition coefficient (Wildman–Crippen LogP) is 4.08. The number of hydrogen-bond acceptors (Lipinski definition) is 4. The zero-order chi connectivity index (χ0) is 19.0. The molecule has 1 aromatic carbocycles. The number of rotatable bonds is 5. The quantitative estimate of drug-likeness (QED) is 0.365. The van der Waals surface area contributed by atoms with Crippen molar-refractivity contribution in [1.29, 1.82) is 0 Å². The van der Waals surface area contributed by atoms with Gasteiger partial charge in [-0.05, 0) is 46.2 Å². The van der Waals surface area contributed by atoms with Crippen molar-refractivity contribution in [2.45, 2.75) is 57.4 Å². The van der Waals surface area contributed by atoms with E-state index in [-0.39, 0.29) is 24.3 Å². The summed E-state index contributed by atoms with van der Waals surface area (Å²) in [7, 11) is 0. The molecule has 1 aliphatic heterocycles. The Bertz CT molecular complexity index is 719. The first kappa shape index (κ1) is 19.8. The standard InChI is InChI=1S/C16H22F2N4O2S/c1-9(21-25(23)15(2,3)4)10-6-12(17)13(18)11-7-16(5,8-20-22-19)24-14(10)11/h6,9,21H,7-8H2,1-5H3. The van der Waals surface area contributed by atoms with Crippen LogP contribution in [0.25, 0.3) is 10.4 Å². The van der Waals surface area contributed by atoms with Gasteiger partial charge in [0.2, 0.25) is 0 Å². The van der Waals surface area contributed by atoms with Crippen LogP contribution < -0.4 is 9.46 Å². The second-order valence-electron chi connectivity index (χ2n) is 7.41. The van der Waals surface area contributed by atoms with E-state index in [1.807, 2.05) is 20.8 Å². The maximum absolute atomic E-state index is 14.2. The monoisotopic (exact) mass is 372 g/mol. The van der Waals surface area contributed by atoms with Gasteiger partial charge in [0.05, 0.1) is 12.6 Å². The highest BCUT2D eigenvalue weighted by molar-refractivity contribution is 7.90. The minimum atomic E-state index is -1.39. The van der Waals surface area contributed by atoms with E-state index in [9.17, 15) is 13.3 Å². The Balaban J connectivity index is 2.38. The summed E-state index contributed by atoms with van der Waals surface area (Å²) in [6.07, 6.45) is 0.0903. The summed E-state index contributed by atoms with van der Waals surface area (Å²) in [6.45, 7) is 8.82. The molecule has 0 aliphatic carbocycles. The highest BCUT2D eigenvalue weighted by Crippen LogP contribution is 2.43. The van der Waals surface area contributed by atoms with Crippen molar-refractivity contribution in [3.05, 3.63) is 39.3 Å². The minimum Gasteiger partial charge on any atom is -0.598 e. The third kappa shape index (κ3) is 4.17. The molecule has 0 aromatic heterocycles. The third-order valence-corrected chi connectivity index (χ3v) is 5.65. The molecule has 0 radical (unpaired) electrons. The minimum absolute atomic E-state index is 0.00555. The summed E-state index contributed by atoms with van der Waals surface area (Å²) in [4.78, 5) is 2.70. The molecule has 3 atom stereocenters. The van der Waals surface area contributed by atoms with Gasteiger partial charge in [-0.2, -0.15) is 0 Å². The van der Waals surface area contributed by atoms with Crippen LogP contribution in [0.1, 0.15) is 51.8 Å². The van der Waals surface area contributed by atoms with Crippen LogP contribution in [0.15, 0.2) is 11.2 Å². The molecule has 6 nitrogen and oxygen atoms in total. The molecule has 138 valence electrons. The van der Waals surface area contributed by atoms with E-state index >= 15 is 0 Å². The van der Waals surface area contributed by atoms with Gasteiger partial charge in [-0.3, -0.25) is 0 Å². The molecule has 0 bridgehead atoms. The summed E-state index contributed by atoms with van der Waals surface area (Å²) in [5, 5.41) is 3.49. The van der Waals surface area contributed by atoms with Crippen LogP contribution in [0.3, 0.4) is 0 Å². The van der Waals surface area contributed by atoms with Crippen molar-refractivity contribution in [2.24, 2.45) is 5.11 Å². The van der Waals surface area contributed by atoms with Crippen LogP contribution in [-0.2, 0) is 17.8 Å². The molecule has 1 heterocycles. The summed E-state index contributed by atoms with van der Waals surface area (Å²) in [6, 6.07) is 0.538. The Morgan fingerprint density at radius 2 is 2.16 bits per heavy atom. The molecule has 3 unspecified atom stereocenters. The van der Waals surface area contributed by atoms with E-state index in [2.05, 4.69) is 14.7 Å². The summed E-state index contributed by atoms with van der Waals surface area (Å²) < 4.78 is 48.8. The van der Waals surface area contributed by atoms with Crippen LogP contribution in [-0.4, -0.2) is 21.4 Å². The molecule has 0 fully saturated rings. The Hall–Kier alpha value is -1.54. The second kappa shape index (κ2) is 6.99. The molecule has 2 rings (SSSR count). The Morgan fingerprint density at radius 3 is 2.72 bits per heavy atom. The molecule has 0 saturated heterocycles. The lowest BCUT2D eigenvalue weighted by Gasteiger charge is -2.27. The number of benzene rings is 1. The first-order valence-corrected chi connectivity index (χ1v) is 9.02. The van der Waals surface area contributed by atoms with Crippen molar-refractivity contribution in [3.8, 4) is 5.75 Å². The van der Waals surface area contributed by atoms with E-state index < -0.39 is 39.4 Å². The van der Waals surface area contributed by atoms with Crippen LogP contribution in [0.2, 0.25) is 0 Å². The number of nitrogens with one attached hydrogen (secondary N) is 1. The van der Waals surface area contributed by atoms with Crippen molar-refractivity contribution < 1.29 is 18.1 Å². The summed E-state index contributed by atoms with van der Waals surface area (Å²) >= 11 is -1.39. The van der Waals surface area contributed by atoms with Crippen molar-refractivity contribution >= 4 is 11.4 Å². The molecule has 0 amide bonds. The van der Waals surface area contributed by atoms with E-state index in [1.54, 1.807) is 13.8 Å². The fourth-order valence-corrected chi connectivity index (χ4v) is 3.41. The molecule has 0 spiro atoms. The van der Waals surface area contributed by atoms with E-state index in [0.717, 1.165) is 6.07 Å². The summed E-state index contributed by atoms with van der Waals surface area (Å²) in [5.41, 5.74) is 8.05. The Morgan fingerprint density at radius 1 is 1.52 bits per heavy atom. The van der Waals surface area contributed by atoms with Crippen LogP contribution in [0.5, 0.6) is 5.75 Å². The number of fused-ring (bicyclic) bond motifs is 1. The summed E-state index contributed by atoms with van der Waals surface area (Å²) in [5.74, 6) is -1.73. The molecular weight excluding hydrogens is 350 g/mol. The van der Waals surface area contributed by atoms with Gasteiger partial charge in [0, 0.05) is 33.8 Å². The van der Waals surface area contributed by atoms with Gasteiger partial charge in [0.15, 0.2) is 11.6 Å². The molecule has 9 heteroatoms. The molecule has 1 aromatic rings. The molecule has 1 aliphatic rings. The maximum Gasteiger partial charge on any atom is 0.165 e. The zero-order valence-electron chi connectivity index (χ0n) is 14.9. The second-order valence-corrected chi connectivity index (χ2v) is 9.41. The van der Waals surface area contributed by atoms with Crippen LogP contribution in [0.4, 0.5) is 8.78 Å². The normalized spacial score (nSPS) is 21.9. The highest BCUT2D eigenvalue weighted by Gasteiger charge is 2.40. The smallest absolute Gasteiger partial charge is 0.165 e. The van der Waals surface area contributed by atoms with Gasteiger partial charge in [0.1, 0.15) is 16.1 Å². The third-order valence-electron chi connectivity index (χ3n) is 3.97. The molecular formula is C16H22F2N4O2S. The SMILES string of the molecule is CC(N[S+]([O-])C(C)(C)C)c1cc(F)c(F)c2c1OC(C)(CN=[N+]=[N-])C2. The number of azide groups is 1. The van der Waals surface area contributed by atoms with Gasteiger partial charge in [-0.25, -0.2) is 8.78 Å². The van der Waals surface area contributed by atoms with Crippen molar-refractivity contribution in [3.63, 3.8) is 0 Å². The predicted molar refractivity (Wildman–Crippen MR) is 92.6 cm³/mol. The van der Waals surface area contributed by atoms with Gasteiger partial charge in [0.25, 0.3) is 0 Å². The largest absolute Gasteiger partial charge is 0.598 e. The Labute approximate surface area is 148 Å². The molecule has 1 N–H and O–H groups in total. The average Bonchev–Trinajstić information content (AvgIpc) is 2.86. The lowest BCUT2D eigenvalue weighted by molar-refractivity contribution is 0.124. The van der Waals surface area contributed by atoms with Crippen LogP contribution in [0, 0.1) is 11.6 Å². The number of ether oxygens (including phenoxy) is 1. The average molecular weight is 372 g/mol. The fraction of sp³-hybridized carbons (Fsp3) is 0.625. The van der Waals surface area contributed by atoms with E-state index in [1.165, 1.54) is 0 Å². The lowest BCUT2D eigenvalue weighted by Crippen LogP contribution is -2.40. The number of hydrogen-bond donors (Lipinski definition) is 1. The topological polar surface area (TPSA) is 93.1 Å². The van der Waals surface area contributed by atoms with Crippen molar-refractivity contribution in [2.75, 3.05) is 6.54 Å². The van der Waals surface area contributed by atoms with E-state index in [4.69, 9.17) is 10.3 Å². The first-order valence-electron chi connectivity index (χ1n) is 7.87. The van der Waals surface area contributed by atoms with Gasteiger partial charge >= 0.3 is 0 Å². The number of halogens is 2. The fourth-order valence-electron chi connectivity index (χ4n) is 2.61. The molecule has 25 heavy (non-hydrogen) atoms. The molecule has 0 saturated carbocycles. The maximum atomic E-state index is 14.2. The van der Waals surface area contributed by atoms with Gasteiger partial charge < -0.3 is 9.29 Å². The highest BCUT2D eigenvalue weighted by atomic mass is 32.2. The zero-order valence-corrected chi connectivity index (χ0v) is 15.7. The van der Waals surface area contributed by atoms with Crippen molar-refractivity contribution in [1.82, 2.24) is 4.72 Å². The van der Waals surface area contributed by atoms with Gasteiger partial charge in [-0.1, -0.05) is 5.11 Å². The first-order chi connectivity index (χ1) is 11.5. The number of nitrogens with zero attached hydrogens (tertiary/aromatic N) is 3.